The summed E-state index contributed by atoms with van der Waals surface area (Å²) in [6.45, 7) is 4.59. The number of benzene rings is 1. The maximum atomic E-state index is 12.8. The Morgan fingerprint density at radius 2 is 2.04 bits per heavy atom. The number of amides is 1. The van der Waals surface area contributed by atoms with Crippen molar-refractivity contribution < 1.29 is 19.0 Å². The van der Waals surface area contributed by atoms with Gasteiger partial charge < -0.3 is 19.5 Å². The molecule has 0 bridgehead atoms. The summed E-state index contributed by atoms with van der Waals surface area (Å²) in [6, 6.07) is 5.24. The van der Waals surface area contributed by atoms with E-state index >= 15 is 0 Å². The molecule has 6 heteroatoms. The van der Waals surface area contributed by atoms with Gasteiger partial charge >= 0.3 is 0 Å². The Bertz CT molecular complexity index is 585. The maximum Gasteiger partial charge on any atom is 0.256 e. The highest BCUT2D eigenvalue weighted by atomic mass is 35.5. The Morgan fingerprint density at radius 3 is 2.60 bits per heavy atom. The molecule has 0 unspecified atom stereocenters. The van der Waals surface area contributed by atoms with Crippen LogP contribution in [0.5, 0.6) is 5.75 Å². The van der Waals surface area contributed by atoms with Gasteiger partial charge in [-0.1, -0.05) is 18.5 Å². The predicted octanol–water partition coefficient (Wildman–Crippen LogP) is 4.29. The molecule has 140 valence electrons. The maximum absolute atomic E-state index is 12.8. The van der Waals surface area contributed by atoms with Gasteiger partial charge in [-0.3, -0.25) is 4.79 Å². The largest absolute Gasteiger partial charge is 0.487 e. The van der Waals surface area contributed by atoms with Gasteiger partial charge in [0.05, 0.1) is 11.6 Å². The van der Waals surface area contributed by atoms with E-state index in [-0.39, 0.29) is 12.0 Å². The number of halogens is 1. The van der Waals surface area contributed by atoms with Gasteiger partial charge in [0.1, 0.15) is 17.5 Å². The fraction of sp³-hybridized carbons (Fsp3) is 0.632. The summed E-state index contributed by atoms with van der Waals surface area (Å²) in [5.74, 6) is 1.09. The number of anilines is 1. The highest BCUT2D eigenvalue weighted by Gasteiger charge is 2.41. The molecule has 0 spiro atoms. The van der Waals surface area contributed by atoms with Crippen molar-refractivity contribution in [2.24, 2.45) is 5.92 Å². The van der Waals surface area contributed by atoms with Gasteiger partial charge in [0.25, 0.3) is 5.91 Å². The van der Waals surface area contributed by atoms with Crippen LogP contribution in [0.3, 0.4) is 0 Å². The molecule has 1 amide bonds. The van der Waals surface area contributed by atoms with Crippen molar-refractivity contribution >= 4 is 23.2 Å². The zero-order chi connectivity index (χ0) is 18.4. The van der Waals surface area contributed by atoms with Crippen molar-refractivity contribution in [3.8, 4) is 5.75 Å². The molecule has 0 saturated heterocycles. The zero-order valence-corrected chi connectivity index (χ0v) is 16.2. The molecular formula is C19H28ClNO4. The number of nitrogens with one attached hydrogen (secondary N) is 1. The molecule has 25 heavy (non-hydrogen) atoms. The number of methoxy groups -OCH3 is 2. The summed E-state index contributed by atoms with van der Waals surface area (Å²) < 4.78 is 16.4. The summed E-state index contributed by atoms with van der Waals surface area (Å²) >= 11 is 6.28. The molecule has 2 rings (SSSR count). The van der Waals surface area contributed by atoms with E-state index in [2.05, 4.69) is 12.2 Å². The Balaban J connectivity index is 2.04. The van der Waals surface area contributed by atoms with Crippen molar-refractivity contribution in [1.82, 2.24) is 0 Å². The van der Waals surface area contributed by atoms with Gasteiger partial charge in [-0.2, -0.15) is 0 Å². The molecule has 1 aliphatic carbocycles. The van der Waals surface area contributed by atoms with Crippen LogP contribution in [0.2, 0.25) is 5.02 Å². The predicted molar refractivity (Wildman–Crippen MR) is 99.4 cm³/mol. The molecule has 1 aromatic rings. The van der Waals surface area contributed by atoms with Crippen molar-refractivity contribution in [2.75, 3.05) is 26.1 Å². The van der Waals surface area contributed by atoms with Crippen LogP contribution in [0.25, 0.3) is 0 Å². The van der Waals surface area contributed by atoms with E-state index in [0.29, 0.717) is 29.0 Å². The van der Waals surface area contributed by atoms with E-state index in [1.807, 2.05) is 6.92 Å². The van der Waals surface area contributed by atoms with E-state index in [4.69, 9.17) is 25.8 Å². The average Bonchev–Trinajstić information content (AvgIpc) is 2.58. The lowest BCUT2D eigenvalue weighted by atomic mass is 9.79. The minimum atomic E-state index is -0.749. The third kappa shape index (κ3) is 5.09. The van der Waals surface area contributed by atoms with Crippen molar-refractivity contribution in [2.45, 2.75) is 51.2 Å². The van der Waals surface area contributed by atoms with Gasteiger partial charge in [-0.25, -0.2) is 0 Å². The summed E-state index contributed by atoms with van der Waals surface area (Å²) in [5, 5.41) is 3.38. The summed E-state index contributed by atoms with van der Waals surface area (Å²) in [6.07, 6.45) is 3.35. The van der Waals surface area contributed by atoms with Crippen molar-refractivity contribution in [1.29, 1.82) is 0 Å². The first-order valence-electron chi connectivity index (χ1n) is 8.72. The number of carbonyl (C=O) groups excluding carboxylic acids is 1. The van der Waals surface area contributed by atoms with Crippen LogP contribution < -0.4 is 10.1 Å². The molecule has 0 aromatic heterocycles. The first-order valence-corrected chi connectivity index (χ1v) is 9.09. The number of carbonyl (C=O) groups is 1. The third-order valence-electron chi connectivity index (χ3n) is 4.81. The minimum Gasteiger partial charge on any atom is -0.487 e. The lowest BCUT2D eigenvalue weighted by molar-refractivity contribution is -0.142. The molecule has 1 atom stereocenters. The smallest absolute Gasteiger partial charge is 0.256 e. The third-order valence-corrected chi connectivity index (χ3v) is 5.10. The lowest BCUT2D eigenvalue weighted by Gasteiger charge is -2.36. The molecule has 0 aliphatic heterocycles. The van der Waals surface area contributed by atoms with E-state index in [0.717, 1.165) is 25.7 Å². The quantitative estimate of drug-likeness (QED) is 0.779. The Labute approximate surface area is 155 Å². The van der Waals surface area contributed by atoms with Gasteiger partial charge in [0.15, 0.2) is 0 Å². The first-order chi connectivity index (χ1) is 11.9. The van der Waals surface area contributed by atoms with Gasteiger partial charge in [0, 0.05) is 19.9 Å². The topological polar surface area (TPSA) is 56.8 Å². The molecule has 1 N–H and O–H groups in total. The molecule has 1 aromatic carbocycles. The van der Waals surface area contributed by atoms with Crippen LogP contribution in [0.1, 0.15) is 39.5 Å². The average molecular weight is 370 g/mol. The van der Waals surface area contributed by atoms with E-state index < -0.39 is 5.60 Å². The van der Waals surface area contributed by atoms with Crippen LogP contribution in [-0.4, -0.2) is 38.4 Å². The molecule has 0 radical (unpaired) electrons. The molecular weight excluding hydrogens is 342 g/mol. The first kappa shape index (κ1) is 20.0. The van der Waals surface area contributed by atoms with E-state index in [1.165, 1.54) is 0 Å². The number of ether oxygens (including phenoxy) is 3. The highest BCUT2D eigenvalue weighted by Crippen LogP contribution is 2.36. The van der Waals surface area contributed by atoms with Crippen LogP contribution in [0.4, 0.5) is 5.69 Å². The highest BCUT2D eigenvalue weighted by molar-refractivity contribution is 6.32. The second-order valence-corrected chi connectivity index (χ2v) is 7.27. The summed E-state index contributed by atoms with van der Waals surface area (Å²) in [5.41, 5.74) is -0.113. The molecule has 1 fully saturated rings. The van der Waals surface area contributed by atoms with Crippen LogP contribution in [0.15, 0.2) is 18.2 Å². The Kier molecular flexibility index (Phi) is 7.11. The number of rotatable bonds is 7. The van der Waals surface area contributed by atoms with Crippen LogP contribution in [-0.2, 0) is 14.3 Å². The van der Waals surface area contributed by atoms with Gasteiger partial charge in [-0.15, -0.1) is 0 Å². The zero-order valence-electron chi connectivity index (χ0n) is 15.4. The minimum absolute atomic E-state index is 0.107. The van der Waals surface area contributed by atoms with Crippen molar-refractivity contribution in [3.63, 3.8) is 0 Å². The van der Waals surface area contributed by atoms with Gasteiger partial charge in [0.2, 0.25) is 0 Å². The SMILES string of the molecule is COC[C@H](C)Oc1ccc(NC(=O)C2(OC)CCC(C)CC2)cc1Cl. The van der Waals surface area contributed by atoms with E-state index in [1.54, 1.807) is 32.4 Å². The molecule has 1 aliphatic rings. The fourth-order valence-electron chi connectivity index (χ4n) is 3.16. The Hall–Kier alpha value is -1.30. The monoisotopic (exact) mass is 369 g/mol. The second kappa shape index (κ2) is 8.88. The Morgan fingerprint density at radius 1 is 1.36 bits per heavy atom. The molecule has 1 saturated carbocycles. The fourth-order valence-corrected chi connectivity index (χ4v) is 3.38. The molecule has 0 heterocycles. The van der Waals surface area contributed by atoms with Crippen molar-refractivity contribution in [3.05, 3.63) is 23.2 Å². The number of hydrogen-bond acceptors (Lipinski definition) is 4. The van der Waals surface area contributed by atoms with E-state index in [9.17, 15) is 4.79 Å². The number of hydrogen-bond donors (Lipinski definition) is 1. The molecule has 5 nitrogen and oxygen atoms in total. The normalized spacial score (nSPS) is 24.6. The summed E-state index contributed by atoms with van der Waals surface area (Å²) in [7, 11) is 3.23. The summed E-state index contributed by atoms with van der Waals surface area (Å²) in [4.78, 5) is 12.8. The van der Waals surface area contributed by atoms with Crippen LogP contribution >= 0.6 is 11.6 Å². The van der Waals surface area contributed by atoms with Gasteiger partial charge in [-0.05, 0) is 56.7 Å². The lowest BCUT2D eigenvalue weighted by Crippen LogP contribution is -2.47. The standard InChI is InChI=1S/C19H28ClNO4/c1-13-7-9-19(24-4,10-8-13)18(22)21-15-5-6-17(16(20)11-15)25-14(2)12-23-3/h5-6,11,13-14H,7-10,12H2,1-4H3,(H,21,22)/t13?,14-,19?/m0/s1. The van der Waals surface area contributed by atoms with Crippen LogP contribution in [0, 0.1) is 5.92 Å². The second-order valence-electron chi connectivity index (χ2n) is 6.86.